The van der Waals surface area contributed by atoms with Crippen molar-refractivity contribution in [1.29, 1.82) is 0 Å². The maximum atomic E-state index is 12.0. The van der Waals surface area contributed by atoms with Gasteiger partial charge in [-0.25, -0.2) is 9.48 Å². The Kier molecular flexibility index (Phi) is 4.90. The van der Waals surface area contributed by atoms with Crippen LogP contribution in [0.15, 0.2) is 61.2 Å². The molecule has 0 fully saturated rings. The molecule has 3 aromatic rings. The lowest BCUT2D eigenvalue weighted by molar-refractivity contribution is 0.249. The lowest BCUT2D eigenvalue weighted by Gasteiger charge is -2.12. The van der Waals surface area contributed by atoms with Crippen molar-refractivity contribution in [2.45, 2.75) is 13.5 Å². The fourth-order valence-corrected chi connectivity index (χ4v) is 2.34. The van der Waals surface area contributed by atoms with E-state index in [1.807, 2.05) is 47.3 Å². The zero-order valence-electron chi connectivity index (χ0n) is 13.5. The van der Waals surface area contributed by atoms with E-state index >= 15 is 0 Å². The number of anilines is 1. The van der Waals surface area contributed by atoms with Gasteiger partial charge in [-0.05, 0) is 24.1 Å². The molecule has 124 valence electrons. The second kappa shape index (κ2) is 7.45. The summed E-state index contributed by atoms with van der Waals surface area (Å²) in [7, 11) is 0. The van der Waals surface area contributed by atoms with Gasteiger partial charge in [0.05, 0.1) is 23.8 Å². The quantitative estimate of drug-likeness (QED) is 0.731. The summed E-state index contributed by atoms with van der Waals surface area (Å²) in [6, 6.07) is 11.4. The number of nitrogens with one attached hydrogen (secondary N) is 2. The summed E-state index contributed by atoms with van der Waals surface area (Å²) in [6.07, 6.45) is 7.06. The molecule has 3 rings (SSSR count). The normalized spacial score (nSPS) is 11.9. The summed E-state index contributed by atoms with van der Waals surface area (Å²) in [5.41, 5.74) is 1.59. The van der Waals surface area contributed by atoms with E-state index in [-0.39, 0.29) is 11.9 Å². The highest BCUT2D eigenvalue weighted by Gasteiger charge is 2.08. The van der Waals surface area contributed by atoms with E-state index in [2.05, 4.69) is 27.8 Å². The number of aromatic nitrogens is 4. The monoisotopic (exact) mass is 324 g/mol. The van der Waals surface area contributed by atoms with Crippen LogP contribution in [0, 0.1) is 5.92 Å². The van der Waals surface area contributed by atoms with Crippen LogP contribution in [-0.2, 0) is 6.54 Å². The number of urea groups is 1. The summed E-state index contributed by atoms with van der Waals surface area (Å²) in [5, 5.41) is 14.1. The number of hydrogen-bond acceptors (Lipinski definition) is 3. The van der Waals surface area contributed by atoms with Crippen LogP contribution in [0.4, 0.5) is 10.5 Å². The van der Waals surface area contributed by atoms with E-state index in [0.29, 0.717) is 12.2 Å². The minimum absolute atomic E-state index is 0.241. The Morgan fingerprint density at radius 1 is 1.21 bits per heavy atom. The van der Waals surface area contributed by atoms with Crippen LogP contribution in [0.1, 0.15) is 6.92 Å². The standard InChI is InChI=1S/C17H20N6O/c1-14(12-22-9-5-8-19-22)10-18-17(24)21-15-11-20-23(13-15)16-6-3-2-4-7-16/h2-9,11,13-14H,10,12H2,1H3,(H2,18,21,24). The maximum absolute atomic E-state index is 12.0. The fourth-order valence-electron chi connectivity index (χ4n) is 2.34. The number of amides is 2. The van der Waals surface area contributed by atoms with Crippen molar-refractivity contribution in [3.8, 4) is 5.69 Å². The molecule has 1 atom stereocenters. The average Bonchev–Trinajstić information content (AvgIpc) is 3.26. The molecule has 0 aliphatic heterocycles. The van der Waals surface area contributed by atoms with Crippen molar-refractivity contribution < 1.29 is 4.79 Å². The number of para-hydroxylation sites is 1. The van der Waals surface area contributed by atoms with Gasteiger partial charge in [-0.3, -0.25) is 4.68 Å². The zero-order valence-corrected chi connectivity index (χ0v) is 13.5. The summed E-state index contributed by atoms with van der Waals surface area (Å²) in [6.45, 7) is 3.40. The van der Waals surface area contributed by atoms with Crippen molar-refractivity contribution in [2.24, 2.45) is 5.92 Å². The van der Waals surface area contributed by atoms with Crippen molar-refractivity contribution in [3.05, 3.63) is 61.2 Å². The lowest BCUT2D eigenvalue weighted by atomic mass is 10.2. The molecule has 1 aromatic carbocycles. The van der Waals surface area contributed by atoms with Gasteiger partial charge in [-0.15, -0.1) is 0 Å². The molecule has 7 heteroatoms. The Morgan fingerprint density at radius 3 is 2.79 bits per heavy atom. The van der Waals surface area contributed by atoms with Crippen LogP contribution in [-0.4, -0.2) is 32.1 Å². The third-order valence-electron chi connectivity index (χ3n) is 3.53. The average molecular weight is 324 g/mol. The summed E-state index contributed by atoms with van der Waals surface area (Å²) >= 11 is 0. The predicted molar refractivity (Wildman–Crippen MR) is 92.0 cm³/mol. The first-order chi connectivity index (χ1) is 11.7. The molecule has 0 spiro atoms. The first kappa shape index (κ1) is 15.8. The molecule has 2 heterocycles. The van der Waals surface area contributed by atoms with Crippen molar-refractivity contribution in [2.75, 3.05) is 11.9 Å². The van der Waals surface area contributed by atoms with Gasteiger partial charge in [0, 0.05) is 25.5 Å². The van der Waals surface area contributed by atoms with Crippen molar-refractivity contribution in [3.63, 3.8) is 0 Å². The number of benzene rings is 1. The molecule has 7 nitrogen and oxygen atoms in total. The molecule has 2 N–H and O–H groups in total. The Hall–Kier alpha value is -3.09. The molecule has 0 aliphatic rings. The first-order valence-corrected chi connectivity index (χ1v) is 7.83. The summed E-state index contributed by atoms with van der Waals surface area (Å²) < 4.78 is 3.57. The van der Waals surface area contributed by atoms with Gasteiger partial charge < -0.3 is 10.6 Å². The maximum Gasteiger partial charge on any atom is 0.319 e. The van der Waals surface area contributed by atoms with Crippen LogP contribution in [0.2, 0.25) is 0 Å². The van der Waals surface area contributed by atoms with Crippen LogP contribution < -0.4 is 10.6 Å². The number of carbonyl (C=O) groups is 1. The minimum Gasteiger partial charge on any atom is -0.338 e. The van der Waals surface area contributed by atoms with E-state index in [1.54, 1.807) is 23.3 Å². The van der Waals surface area contributed by atoms with Crippen molar-refractivity contribution >= 4 is 11.7 Å². The fraction of sp³-hybridized carbons (Fsp3) is 0.235. The van der Waals surface area contributed by atoms with E-state index < -0.39 is 0 Å². The number of hydrogen-bond donors (Lipinski definition) is 2. The van der Waals surface area contributed by atoms with Gasteiger partial charge in [0.25, 0.3) is 0 Å². The molecule has 24 heavy (non-hydrogen) atoms. The van der Waals surface area contributed by atoms with E-state index in [1.165, 1.54) is 0 Å². The van der Waals surface area contributed by atoms with Crippen molar-refractivity contribution in [1.82, 2.24) is 24.9 Å². The topological polar surface area (TPSA) is 76.8 Å². The van der Waals surface area contributed by atoms with Crippen LogP contribution in [0.3, 0.4) is 0 Å². The molecule has 0 bridgehead atoms. The van der Waals surface area contributed by atoms with Gasteiger partial charge in [0.2, 0.25) is 0 Å². The smallest absolute Gasteiger partial charge is 0.319 e. The highest BCUT2D eigenvalue weighted by atomic mass is 16.2. The second-order valence-corrected chi connectivity index (χ2v) is 5.68. The third-order valence-corrected chi connectivity index (χ3v) is 3.53. The van der Waals surface area contributed by atoms with Crippen LogP contribution in [0.25, 0.3) is 5.69 Å². The predicted octanol–water partition coefficient (Wildman–Crippen LogP) is 2.53. The molecule has 0 saturated carbocycles. The zero-order chi connectivity index (χ0) is 16.8. The van der Waals surface area contributed by atoms with Crippen LogP contribution in [0.5, 0.6) is 0 Å². The highest BCUT2D eigenvalue weighted by molar-refractivity contribution is 5.88. The molecule has 2 amide bonds. The minimum atomic E-state index is -0.241. The largest absolute Gasteiger partial charge is 0.338 e. The van der Waals surface area contributed by atoms with E-state index in [9.17, 15) is 4.79 Å². The number of rotatable bonds is 6. The molecule has 0 aliphatic carbocycles. The van der Waals surface area contributed by atoms with E-state index in [0.717, 1.165) is 12.2 Å². The third kappa shape index (κ3) is 4.22. The Labute approximate surface area is 140 Å². The van der Waals surface area contributed by atoms with Gasteiger partial charge in [0.15, 0.2) is 0 Å². The van der Waals surface area contributed by atoms with Gasteiger partial charge in [0.1, 0.15) is 0 Å². The second-order valence-electron chi connectivity index (χ2n) is 5.68. The lowest BCUT2D eigenvalue weighted by Crippen LogP contribution is -2.33. The molecular weight excluding hydrogens is 304 g/mol. The number of carbonyl (C=O) groups excluding carboxylic acids is 1. The molecule has 2 aromatic heterocycles. The van der Waals surface area contributed by atoms with Gasteiger partial charge in [-0.2, -0.15) is 10.2 Å². The molecule has 0 saturated heterocycles. The number of nitrogens with zero attached hydrogens (tertiary/aromatic N) is 4. The molecule has 1 unspecified atom stereocenters. The van der Waals surface area contributed by atoms with Crippen LogP contribution >= 0.6 is 0 Å². The first-order valence-electron chi connectivity index (χ1n) is 7.83. The summed E-state index contributed by atoms with van der Waals surface area (Å²) in [4.78, 5) is 12.0. The van der Waals surface area contributed by atoms with Gasteiger partial charge >= 0.3 is 6.03 Å². The molecule has 0 radical (unpaired) electrons. The highest BCUT2D eigenvalue weighted by Crippen LogP contribution is 2.11. The van der Waals surface area contributed by atoms with Gasteiger partial charge in [-0.1, -0.05) is 25.1 Å². The van der Waals surface area contributed by atoms with E-state index in [4.69, 9.17) is 0 Å². The Bertz CT molecular complexity index is 766. The summed E-state index contributed by atoms with van der Waals surface area (Å²) in [5.74, 6) is 0.280. The Balaban J connectivity index is 1.47. The Morgan fingerprint density at radius 2 is 2.04 bits per heavy atom. The molecular formula is C17H20N6O. The SMILES string of the molecule is CC(CNC(=O)Nc1cnn(-c2ccccc2)c1)Cn1cccn1.